The fourth-order valence-electron chi connectivity index (χ4n) is 4.02. The van der Waals surface area contributed by atoms with Crippen LogP contribution in [0.25, 0.3) is 0 Å². The highest BCUT2D eigenvalue weighted by Crippen LogP contribution is 2.44. The van der Waals surface area contributed by atoms with Gasteiger partial charge in [0, 0.05) is 43.6 Å². The van der Waals surface area contributed by atoms with Gasteiger partial charge in [-0.3, -0.25) is 19.3 Å². The summed E-state index contributed by atoms with van der Waals surface area (Å²) in [5.41, 5.74) is 0.107. The number of thiazole rings is 1. The van der Waals surface area contributed by atoms with Crippen LogP contribution in [0.4, 0.5) is 0 Å². The van der Waals surface area contributed by atoms with Crippen molar-refractivity contribution in [2.75, 3.05) is 34.4 Å². The summed E-state index contributed by atoms with van der Waals surface area (Å²) in [5.74, 6) is -0.493. The van der Waals surface area contributed by atoms with Crippen molar-refractivity contribution >= 4 is 29.1 Å². The smallest absolute Gasteiger partial charge is 0.241 e. The fourth-order valence-corrected chi connectivity index (χ4v) is 4.92. The molecule has 2 aromatic rings. The fraction of sp³-hybridized carbons (Fsp3) is 0.478. The SMILES string of the molecule is COCCN1C(=O)C[C@](CC(=O)N(C)[C@H](C)c2nc(C)cs2)(c2ccccc2OC)C1=O. The van der Waals surface area contributed by atoms with Gasteiger partial charge in [-0.25, -0.2) is 4.98 Å². The van der Waals surface area contributed by atoms with Crippen molar-refractivity contribution < 1.29 is 23.9 Å². The molecule has 0 saturated carbocycles. The molecule has 32 heavy (non-hydrogen) atoms. The number of ether oxygens (including phenoxy) is 2. The number of likely N-dealkylation sites (tertiary alicyclic amines) is 1. The number of imide groups is 1. The van der Waals surface area contributed by atoms with Gasteiger partial charge in [0.2, 0.25) is 17.7 Å². The van der Waals surface area contributed by atoms with E-state index in [1.54, 1.807) is 36.2 Å². The molecule has 172 valence electrons. The number of aryl methyl sites for hydroxylation is 1. The molecule has 0 unspecified atom stereocenters. The Morgan fingerprint density at radius 1 is 1.31 bits per heavy atom. The van der Waals surface area contributed by atoms with Gasteiger partial charge in [0.1, 0.15) is 10.8 Å². The van der Waals surface area contributed by atoms with Gasteiger partial charge >= 0.3 is 0 Å². The zero-order valence-corrected chi connectivity index (χ0v) is 19.9. The lowest BCUT2D eigenvalue weighted by molar-refractivity contribution is -0.143. The maximum atomic E-state index is 13.6. The molecule has 3 rings (SSSR count). The molecular weight excluding hydrogens is 430 g/mol. The Morgan fingerprint density at radius 3 is 2.66 bits per heavy atom. The molecule has 0 aliphatic carbocycles. The van der Waals surface area contributed by atoms with Crippen molar-refractivity contribution in [2.24, 2.45) is 0 Å². The number of carbonyl (C=O) groups is 3. The maximum absolute atomic E-state index is 13.6. The van der Waals surface area contributed by atoms with Crippen LogP contribution in [-0.4, -0.2) is 66.9 Å². The molecule has 1 aromatic carbocycles. The third-order valence-corrected chi connectivity index (χ3v) is 7.10. The number of benzene rings is 1. The Kier molecular flexibility index (Phi) is 7.30. The third-order valence-electron chi connectivity index (χ3n) is 5.97. The zero-order valence-electron chi connectivity index (χ0n) is 19.1. The third kappa shape index (κ3) is 4.40. The molecule has 1 aromatic heterocycles. The van der Waals surface area contributed by atoms with Gasteiger partial charge in [0.25, 0.3) is 0 Å². The first-order chi connectivity index (χ1) is 15.2. The van der Waals surface area contributed by atoms with Gasteiger partial charge in [-0.2, -0.15) is 0 Å². The minimum atomic E-state index is -1.33. The number of rotatable bonds is 9. The Balaban J connectivity index is 1.97. The van der Waals surface area contributed by atoms with E-state index in [2.05, 4.69) is 4.98 Å². The number of hydrogen-bond acceptors (Lipinski definition) is 7. The highest BCUT2D eigenvalue weighted by atomic mass is 32.1. The van der Waals surface area contributed by atoms with Crippen molar-refractivity contribution in [1.29, 1.82) is 0 Å². The average Bonchev–Trinajstić information content (AvgIpc) is 3.32. The number of methoxy groups -OCH3 is 2. The second-order valence-corrected chi connectivity index (χ2v) is 8.88. The molecule has 0 N–H and O–H groups in total. The van der Waals surface area contributed by atoms with Crippen molar-refractivity contribution in [3.63, 3.8) is 0 Å². The first kappa shape index (κ1) is 23.9. The molecule has 1 aliphatic rings. The zero-order chi connectivity index (χ0) is 23.5. The highest BCUT2D eigenvalue weighted by molar-refractivity contribution is 7.09. The summed E-state index contributed by atoms with van der Waals surface area (Å²) < 4.78 is 10.6. The average molecular weight is 460 g/mol. The van der Waals surface area contributed by atoms with E-state index in [0.29, 0.717) is 11.3 Å². The van der Waals surface area contributed by atoms with Crippen LogP contribution in [-0.2, 0) is 24.5 Å². The predicted octanol–water partition coefficient (Wildman–Crippen LogP) is 2.71. The molecule has 1 aliphatic heterocycles. The van der Waals surface area contributed by atoms with Crippen LogP contribution in [0.1, 0.15) is 42.1 Å². The number of carbonyl (C=O) groups excluding carboxylic acids is 3. The number of nitrogens with zero attached hydrogens (tertiary/aromatic N) is 3. The molecule has 0 bridgehead atoms. The van der Waals surface area contributed by atoms with Crippen molar-refractivity contribution in [1.82, 2.24) is 14.8 Å². The second kappa shape index (κ2) is 9.79. The van der Waals surface area contributed by atoms with Crippen LogP contribution in [0.3, 0.4) is 0 Å². The Bertz CT molecular complexity index is 1010. The van der Waals surface area contributed by atoms with E-state index in [1.807, 2.05) is 19.2 Å². The van der Waals surface area contributed by atoms with Crippen LogP contribution in [0.5, 0.6) is 5.75 Å². The van der Waals surface area contributed by atoms with Crippen LogP contribution in [0, 0.1) is 6.92 Å². The Labute approximate surface area is 192 Å². The predicted molar refractivity (Wildman–Crippen MR) is 121 cm³/mol. The molecule has 0 spiro atoms. The van der Waals surface area contributed by atoms with E-state index in [4.69, 9.17) is 9.47 Å². The van der Waals surface area contributed by atoms with Crippen molar-refractivity contribution in [3.8, 4) is 5.75 Å². The molecule has 1 saturated heterocycles. The van der Waals surface area contributed by atoms with Crippen LogP contribution < -0.4 is 4.74 Å². The Hall–Kier alpha value is -2.78. The van der Waals surface area contributed by atoms with E-state index in [9.17, 15) is 14.4 Å². The van der Waals surface area contributed by atoms with Gasteiger partial charge in [0.15, 0.2) is 0 Å². The summed E-state index contributed by atoms with van der Waals surface area (Å²) in [7, 11) is 4.72. The molecular formula is C23H29N3O5S. The lowest BCUT2D eigenvalue weighted by Gasteiger charge is -2.31. The van der Waals surface area contributed by atoms with E-state index in [1.165, 1.54) is 30.5 Å². The first-order valence-corrected chi connectivity index (χ1v) is 11.3. The van der Waals surface area contributed by atoms with Crippen LogP contribution in [0.15, 0.2) is 29.6 Å². The summed E-state index contributed by atoms with van der Waals surface area (Å²) in [6.07, 6.45) is -0.243. The number of aromatic nitrogens is 1. The summed E-state index contributed by atoms with van der Waals surface area (Å²) in [5, 5.41) is 2.76. The molecule has 2 heterocycles. The largest absolute Gasteiger partial charge is 0.496 e. The lowest BCUT2D eigenvalue weighted by atomic mass is 9.75. The topological polar surface area (TPSA) is 89.0 Å². The molecule has 3 amide bonds. The summed E-state index contributed by atoms with van der Waals surface area (Å²) in [6.45, 7) is 4.18. The van der Waals surface area contributed by atoms with Gasteiger partial charge in [-0.15, -0.1) is 11.3 Å². The molecule has 8 nitrogen and oxygen atoms in total. The molecule has 2 atom stereocenters. The maximum Gasteiger partial charge on any atom is 0.241 e. The van der Waals surface area contributed by atoms with E-state index < -0.39 is 11.3 Å². The summed E-state index contributed by atoms with van der Waals surface area (Å²) >= 11 is 1.49. The van der Waals surface area contributed by atoms with Gasteiger partial charge in [-0.05, 0) is 19.9 Å². The summed E-state index contributed by atoms with van der Waals surface area (Å²) in [4.78, 5) is 47.2. The number of hydrogen-bond donors (Lipinski definition) is 0. The number of para-hydroxylation sites is 1. The van der Waals surface area contributed by atoms with Crippen LogP contribution in [0.2, 0.25) is 0 Å². The standard InChI is InChI=1S/C23H29N3O5S/c1-15-14-32-21(24-15)16(2)25(3)19(27)12-23(17-8-6-7-9-18(17)31-5)13-20(28)26(22(23)29)10-11-30-4/h6-9,14,16H,10-13H2,1-5H3/t16-,23-/m1/s1. The minimum Gasteiger partial charge on any atom is -0.496 e. The number of amides is 3. The highest BCUT2D eigenvalue weighted by Gasteiger charge is 2.55. The van der Waals surface area contributed by atoms with Crippen molar-refractivity contribution in [2.45, 2.75) is 38.1 Å². The minimum absolute atomic E-state index is 0.0970. The first-order valence-electron chi connectivity index (χ1n) is 10.4. The monoisotopic (exact) mass is 459 g/mol. The van der Waals surface area contributed by atoms with E-state index in [0.717, 1.165) is 10.7 Å². The lowest BCUT2D eigenvalue weighted by Crippen LogP contribution is -2.44. The molecule has 9 heteroatoms. The van der Waals surface area contributed by atoms with Gasteiger partial charge in [0.05, 0.1) is 31.7 Å². The molecule has 1 fully saturated rings. The van der Waals surface area contributed by atoms with Crippen molar-refractivity contribution in [3.05, 3.63) is 45.9 Å². The van der Waals surface area contributed by atoms with E-state index in [-0.39, 0.29) is 43.8 Å². The van der Waals surface area contributed by atoms with Crippen LogP contribution >= 0.6 is 11.3 Å². The normalized spacial score (nSPS) is 19.3. The Morgan fingerprint density at radius 2 is 2.03 bits per heavy atom. The quantitative estimate of drug-likeness (QED) is 0.536. The summed E-state index contributed by atoms with van der Waals surface area (Å²) in [6, 6.07) is 6.81. The second-order valence-electron chi connectivity index (χ2n) is 7.99. The van der Waals surface area contributed by atoms with Gasteiger partial charge < -0.3 is 14.4 Å². The van der Waals surface area contributed by atoms with Gasteiger partial charge in [-0.1, -0.05) is 18.2 Å². The molecule has 0 radical (unpaired) electrons. The van der Waals surface area contributed by atoms with E-state index >= 15 is 0 Å².